The molecule has 3 aromatic rings. The lowest BCUT2D eigenvalue weighted by atomic mass is 10.0. The van der Waals surface area contributed by atoms with E-state index in [2.05, 4.69) is 47.7 Å². The zero-order chi connectivity index (χ0) is 27.5. The molecule has 0 unspecified atom stereocenters. The smallest absolute Gasteiger partial charge is 0.276 e. The van der Waals surface area contributed by atoms with Crippen molar-refractivity contribution in [2.45, 2.75) is 25.4 Å². The summed E-state index contributed by atoms with van der Waals surface area (Å²) in [4.78, 5) is 20.2. The highest BCUT2D eigenvalue weighted by Gasteiger charge is 2.26. The Morgan fingerprint density at radius 2 is 1.75 bits per heavy atom. The van der Waals surface area contributed by atoms with Gasteiger partial charge in [-0.2, -0.15) is 0 Å². The van der Waals surface area contributed by atoms with E-state index in [1.165, 1.54) is 5.69 Å². The van der Waals surface area contributed by atoms with Crippen LogP contribution in [0.3, 0.4) is 0 Å². The van der Waals surface area contributed by atoms with Crippen LogP contribution in [0.2, 0.25) is 10.0 Å². The van der Waals surface area contributed by atoms with Gasteiger partial charge in [0, 0.05) is 73.3 Å². The van der Waals surface area contributed by atoms with Crippen molar-refractivity contribution in [3.8, 4) is 0 Å². The quantitative estimate of drug-likeness (QED) is 0.430. The third kappa shape index (κ3) is 6.12. The van der Waals surface area contributed by atoms with Crippen molar-refractivity contribution in [1.29, 1.82) is 0 Å². The molecule has 210 valence electrons. The Hall–Kier alpha value is -3.11. The Morgan fingerprint density at radius 3 is 2.52 bits per heavy atom. The molecule has 11 heteroatoms. The van der Waals surface area contributed by atoms with E-state index in [9.17, 15) is 4.79 Å². The van der Waals surface area contributed by atoms with Gasteiger partial charge < -0.3 is 25.2 Å². The molecule has 2 N–H and O–H groups in total. The standard InChI is InChI=1S/C29H33Cl2N7O2/c30-21-1-6-25(31)20(17-21)19-38-12-9-32-28-27(38)18-26(34-35-28)29(39)33-22-2-4-23(5-3-22)36-10-7-24(8-11-36)37-13-15-40-16-14-37/h1-6,17-18,24H,7-16,19H2,(H,32,35)(H,33,39). The Bertz CT molecular complexity index is 1340. The van der Waals surface area contributed by atoms with Crippen LogP contribution in [0.1, 0.15) is 28.9 Å². The van der Waals surface area contributed by atoms with E-state index < -0.39 is 0 Å². The molecule has 2 aromatic carbocycles. The summed E-state index contributed by atoms with van der Waals surface area (Å²) in [6.45, 7) is 7.82. The lowest BCUT2D eigenvalue weighted by Crippen LogP contribution is -2.49. The summed E-state index contributed by atoms with van der Waals surface area (Å²) in [7, 11) is 0. The molecule has 2 fully saturated rings. The van der Waals surface area contributed by atoms with E-state index in [0.717, 1.165) is 75.7 Å². The molecule has 6 rings (SSSR count). The number of nitrogens with zero attached hydrogens (tertiary/aromatic N) is 5. The Morgan fingerprint density at radius 1 is 0.975 bits per heavy atom. The number of piperidine rings is 1. The van der Waals surface area contributed by atoms with Gasteiger partial charge in [-0.15, -0.1) is 10.2 Å². The maximum Gasteiger partial charge on any atom is 0.276 e. The van der Waals surface area contributed by atoms with Crippen LogP contribution < -0.4 is 20.4 Å². The Balaban J connectivity index is 1.09. The molecule has 2 saturated heterocycles. The second kappa shape index (κ2) is 12.2. The molecule has 0 atom stereocenters. The topological polar surface area (TPSA) is 85.9 Å². The van der Waals surface area contributed by atoms with Gasteiger partial charge in [-0.05, 0) is 66.9 Å². The monoisotopic (exact) mass is 581 g/mol. The highest BCUT2D eigenvalue weighted by atomic mass is 35.5. The normalized spacial score (nSPS) is 18.2. The van der Waals surface area contributed by atoms with Gasteiger partial charge in [0.1, 0.15) is 0 Å². The van der Waals surface area contributed by atoms with Crippen molar-refractivity contribution < 1.29 is 9.53 Å². The van der Waals surface area contributed by atoms with Gasteiger partial charge >= 0.3 is 0 Å². The minimum absolute atomic E-state index is 0.249. The molecule has 0 bridgehead atoms. The number of carbonyl (C=O) groups excluding carboxylic acids is 1. The molecule has 3 aliphatic heterocycles. The summed E-state index contributed by atoms with van der Waals surface area (Å²) in [5.41, 5.74) is 3.86. The SMILES string of the molecule is O=C(Nc1ccc(N2CCC(N3CCOCC3)CC2)cc1)c1cc2c(nn1)NCCN2Cc1cc(Cl)ccc1Cl. The first-order valence-electron chi connectivity index (χ1n) is 13.8. The molecule has 0 radical (unpaired) electrons. The van der Waals surface area contributed by atoms with E-state index in [-0.39, 0.29) is 11.6 Å². The zero-order valence-corrected chi connectivity index (χ0v) is 23.8. The molecule has 0 spiro atoms. The van der Waals surface area contributed by atoms with Gasteiger partial charge in [0.2, 0.25) is 0 Å². The lowest BCUT2D eigenvalue weighted by Gasteiger charge is -2.40. The third-order valence-electron chi connectivity index (χ3n) is 7.91. The average Bonchev–Trinajstić information content (AvgIpc) is 3.00. The van der Waals surface area contributed by atoms with Gasteiger partial charge in [-0.25, -0.2) is 0 Å². The second-order valence-electron chi connectivity index (χ2n) is 10.4. The van der Waals surface area contributed by atoms with Crippen LogP contribution in [0.4, 0.5) is 22.9 Å². The molecular formula is C29H33Cl2N7O2. The number of morpholine rings is 1. The minimum atomic E-state index is -0.305. The number of ether oxygens (including phenoxy) is 1. The van der Waals surface area contributed by atoms with Crippen LogP contribution in [0.15, 0.2) is 48.5 Å². The van der Waals surface area contributed by atoms with E-state index >= 15 is 0 Å². The molecule has 4 heterocycles. The Labute approximate surface area is 244 Å². The van der Waals surface area contributed by atoms with Crippen LogP contribution in [-0.2, 0) is 11.3 Å². The van der Waals surface area contributed by atoms with E-state index in [1.807, 2.05) is 18.2 Å². The number of amides is 1. The highest BCUT2D eigenvalue weighted by Crippen LogP contribution is 2.31. The first-order chi connectivity index (χ1) is 19.5. The van der Waals surface area contributed by atoms with E-state index in [0.29, 0.717) is 35.0 Å². The van der Waals surface area contributed by atoms with E-state index in [1.54, 1.807) is 18.2 Å². The summed E-state index contributed by atoms with van der Waals surface area (Å²) >= 11 is 12.6. The maximum atomic E-state index is 13.1. The number of benzene rings is 2. The highest BCUT2D eigenvalue weighted by molar-refractivity contribution is 6.33. The van der Waals surface area contributed by atoms with Crippen molar-refractivity contribution in [2.24, 2.45) is 0 Å². The van der Waals surface area contributed by atoms with Crippen LogP contribution >= 0.6 is 23.2 Å². The van der Waals surface area contributed by atoms with Crippen LogP contribution in [-0.4, -0.2) is 79.5 Å². The predicted octanol–water partition coefficient (Wildman–Crippen LogP) is 4.77. The summed E-state index contributed by atoms with van der Waals surface area (Å²) in [6, 6.07) is 15.9. The first-order valence-corrected chi connectivity index (χ1v) is 14.6. The number of carbonyl (C=O) groups is 1. The second-order valence-corrected chi connectivity index (χ2v) is 11.3. The molecule has 3 aliphatic rings. The zero-order valence-electron chi connectivity index (χ0n) is 22.3. The summed E-state index contributed by atoms with van der Waals surface area (Å²) in [5, 5.41) is 16.0. The van der Waals surface area contributed by atoms with E-state index in [4.69, 9.17) is 27.9 Å². The molecule has 0 aliphatic carbocycles. The number of hydrogen-bond acceptors (Lipinski definition) is 8. The summed E-state index contributed by atoms with van der Waals surface area (Å²) < 4.78 is 5.50. The lowest BCUT2D eigenvalue weighted by molar-refractivity contribution is 0.0115. The average molecular weight is 583 g/mol. The fraction of sp³-hybridized carbons (Fsp3) is 0.414. The number of rotatable bonds is 6. The maximum absolute atomic E-state index is 13.1. The number of fused-ring (bicyclic) bond motifs is 1. The summed E-state index contributed by atoms with van der Waals surface area (Å²) in [5.74, 6) is 0.336. The van der Waals surface area contributed by atoms with Crippen molar-refractivity contribution in [2.75, 3.05) is 72.9 Å². The van der Waals surface area contributed by atoms with Gasteiger partial charge in [-0.1, -0.05) is 23.2 Å². The van der Waals surface area contributed by atoms with Crippen LogP contribution in [0, 0.1) is 0 Å². The number of hydrogen-bond donors (Lipinski definition) is 2. The minimum Gasteiger partial charge on any atom is -0.379 e. The molecule has 40 heavy (non-hydrogen) atoms. The number of aromatic nitrogens is 2. The fourth-order valence-corrected chi connectivity index (χ4v) is 6.08. The van der Waals surface area contributed by atoms with Crippen molar-refractivity contribution in [1.82, 2.24) is 15.1 Å². The Kier molecular flexibility index (Phi) is 8.25. The number of nitrogens with one attached hydrogen (secondary N) is 2. The van der Waals surface area contributed by atoms with Crippen molar-refractivity contribution >= 4 is 52.0 Å². The van der Waals surface area contributed by atoms with Crippen molar-refractivity contribution in [3.05, 3.63) is 69.8 Å². The van der Waals surface area contributed by atoms with Gasteiger partial charge in [0.15, 0.2) is 11.5 Å². The number of anilines is 4. The van der Waals surface area contributed by atoms with Crippen LogP contribution in [0.25, 0.3) is 0 Å². The molecule has 1 aromatic heterocycles. The largest absolute Gasteiger partial charge is 0.379 e. The predicted molar refractivity (Wildman–Crippen MR) is 160 cm³/mol. The summed E-state index contributed by atoms with van der Waals surface area (Å²) in [6.07, 6.45) is 2.32. The third-order valence-corrected chi connectivity index (χ3v) is 8.51. The number of halogens is 2. The van der Waals surface area contributed by atoms with Crippen molar-refractivity contribution in [3.63, 3.8) is 0 Å². The molecule has 0 saturated carbocycles. The molecule has 9 nitrogen and oxygen atoms in total. The molecule has 1 amide bonds. The molecular weight excluding hydrogens is 549 g/mol. The van der Waals surface area contributed by atoms with Gasteiger partial charge in [-0.3, -0.25) is 9.69 Å². The fourth-order valence-electron chi connectivity index (χ4n) is 5.71. The van der Waals surface area contributed by atoms with Gasteiger partial charge in [0.25, 0.3) is 5.91 Å². The first kappa shape index (κ1) is 27.1. The van der Waals surface area contributed by atoms with Crippen LogP contribution in [0.5, 0.6) is 0 Å². The van der Waals surface area contributed by atoms with Gasteiger partial charge in [0.05, 0.1) is 18.9 Å².